The van der Waals surface area contributed by atoms with Crippen molar-refractivity contribution in [2.24, 2.45) is 11.8 Å². The molecule has 8 nitrogen and oxygen atoms in total. The van der Waals surface area contributed by atoms with Crippen LogP contribution in [0.1, 0.15) is 65.2 Å². The van der Waals surface area contributed by atoms with Gasteiger partial charge in [-0.15, -0.1) is 13.2 Å². The number of likely N-dealkylation sites (tertiary alicyclic amines) is 1. The summed E-state index contributed by atoms with van der Waals surface area (Å²) < 4.78 is 12.1. The number of nitrogens with zero attached hydrogens (tertiary/aromatic N) is 2. The molecule has 4 aliphatic rings. The summed E-state index contributed by atoms with van der Waals surface area (Å²) in [5, 5.41) is 10.0. The highest BCUT2D eigenvalue weighted by molar-refractivity contribution is 5.98. The third-order valence-corrected chi connectivity index (χ3v) is 8.63. The van der Waals surface area contributed by atoms with Gasteiger partial charge in [-0.1, -0.05) is 31.4 Å². The van der Waals surface area contributed by atoms with Crippen molar-refractivity contribution in [3.63, 3.8) is 0 Å². The Kier molecular flexibility index (Phi) is 7.44. The molecular formula is C27H40N2O6. The first-order valence-electron chi connectivity index (χ1n) is 13.1. The van der Waals surface area contributed by atoms with Crippen molar-refractivity contribution in [2.75, 3.05) is 19.8 Å². The Morgan fingerprint density at radius 1 is 1.26 bits per heavy atom. The number of amides is 2. The molecule has 0 aromatic rings. The van der Waals surface area contributed by atoms with Crippen LogP contribution in [0, 0.1) is 11.8 Å². The van der Waals surface area contributed by atoms with Crippen LogP contribution in [0.25, 0.3) is 0 Å². The molecule has 3 aliphatic heterocycles. The van der Waals surface area contributed by atoms with Gasteiger partial charge in [0.2, 0.25) is 11.8 Å². The monoisotopic (exact) mass is 488 g/mol. The van der Waals surface area contributed by atoms with E-state index in [1.165, 1.54) is 4.90 Å². The van der Waals surface area contributed by atoms with Crippen LogP contribution in [-0.4, -0.2) is 81.8 Å². The van der Waals surface area contributed by atoms with E-state index in [1.807, 2.05) is 11.8 Å². The average Bonchev–Trinajstić information content (AvgIpc) is 3.43. The number of carbonyl (C=O) groups is 3. The summed E-state index contributed by atoms with van der Waals surface area (Å²) in [4.78, 5) is 44.9. The number of hydrogen-bond acceptors (Lipinski definition) is 6. The van der Waals surface area contributed by atoms with Crippen molar-refractivity contribution in [3.8, 4) is 0 Å². The molecule has 3 saturated heterocycles. The van der Waals surface area contributed by atoms with Crippen molar-refractivity contribution >= 4 is 17.8 Å². The lowest BCUT2D eigenvalue weighted by Gasteiger charge is -2.42. The van der Waals surface area contributed by atoms with E-state index < -0.39 is 41.1 Å². The molecule has 8 heteroatoms. The van der Waals surface area contributed by atoms with E-state index in [1.54, 1.807) is 19.1 Å². The fourth-order valence-electron chi connectivity index (χ4n) is 7.00. The van der Waals surface area contributed by atoms with Gasteiger partial charge in [0.1, 0.15) is 17.6 Å². The van der Waals surface area contributed by atoms with Crippen LogP contribution in [0.3, 0.4) is 0 Å². The third kappa shape index (κ3) is 4.12. The molecule has 0 radical (unpaired) electrons. The molecular weight excluding hydrogens is 448 g/mol. The smallest absolute Gasteiger partial charge is 0.312 e. The Morgan fingerprint density at radius 2 is 1.97 bits per heavy atom. The zero-order valence-electron chi connectivity index (χ0n) is 21.1. The maximum absolute atomic E-state index is 14.3. The second-order valence-corrected chi connectivity index (χ2v) is 10.8. The Morgan fingerprint density at radius 3 is 2.60 bits per heavy atom. The molecule has 2 amide bonds. The minimum absolute atomic E-state index is 0.0833. The number of hydrogen-bond donors (Lipinski definition) is 1. The lowest BCUT2D eigenvalue weighted by molar-refractivity contribution is -0.162. The fraction of sp³-hybridized carbons (Fsp3) is 0.741. The third-order valence-electron chi connectivity index (χ3n) is 8.63. The molecule has 2 bridgehead atoms. The van der Waals surface area contributed by atoms with Crippen LogP contribution in [0.5, 0.6) is 0 Å². The van der Waals surface area contributed by atoms with Gasteiger partial charge in [-0.25, -0.2) is 0 Å². The summed E-state index contributed by atoms with van der Waals surface area (Å²) >= 11 is 0. The molecule has 2 unspecified atom stereocenters. The Labute approximate surface area is 208 Å². The molecule has 4 fully saturated rings. The molecule has 3 heterocycles. The van der Waals surface area contributed by atoms with E-state index in [-0.39, 0.29) is 31.1 Å². The SMILES string of the molecule is C=CCCOC(=O)[C@H]1[C@H]2C(=O)N([C@H](C)CO)C(C(=O)N(CC=C)C3CCCCC3)C23CC[C@]1(C)O3. The Balaban J connectivity index is 1.73. The average molecular weight is 489 g/mol. The Hall–Kier alpha value is -2.19. The topological polar surface area (TPSA) is 96.4 Å². The van der Waals surface area contributed by atoms with Gasteiger partial charge in [0.15, 0.2) is 0 Å². The second-order valence-electron chi connectivity index (χ2n) is 10.8. The fourth-order valence-corrected chi connectivity index (χ4v) is 7.00. The number of rotatable bonds is 10. The number of aliphatic hydroxyl groups excluding tert-OH is 1. The summed E-state index contributed by atoms with van der Waals surface area (Å²) in [5.41, 5.74) is -1.98. The molecule has 1 aliphatic carbocycles. The van der Waals surface area contributed by atoms with Crippen LogP contribution in [0.2, 0.25) is 0 Å². The molecule has 6 atom stereocenters. The number of fused-ring (bicyclic) bond motifs is 1. The van der Waals surface area contributed by atoms with Gasteiger partial charge in [0.05, 0.1) is 30.8 Å². The predicted octanol–water partition coefficient (Wildman–Crippen LogP) is 2.60. The molecule has 194 valence electrons. The van der Waals surface area contributed by atoms with E-state index in [0.717, 1.165) is 32.1 Å². The molecule has 1 saturated carbocycles. The van der Waals surface area contributed by atoms with Gasteiger partial charge in [-0.2, -0.15) is 0 Å². The molecule has 0 aromatic heterocycles. The van der Waals surface area contributed by atoms with Crippen molar-refractivity contribution in [1.29, 1.82) is 0 Å². The van der Waals surface area contributed by atoms with Crippen molar-refractivity contribution in [3.05, 3.63) is 25.3 Å². The second kappa shape index (κ2) is 10.1. The largest absolute Gasteiger partial charge is 0.465 e. The van der Waals surface area contributed by atoms with Gasteiger partial charge in [0, 0.05) is 12.6 Å². The van der Waals surface area contributed by atoms with Gasteiger partial charge in [-0.05, 0) is 46.0 Å². The van der Waals surface area contributed by atoms with Crippen LogP contribution < -0.4 is 0 Å². The van der Waals surface area contributed by atoms with Crippen molar-refractivity contribution in [2.45, 2.75) is 94.5 Å². The molecule has 4 rings (SSSR count). The summed E-state index contributed by atoms with van der Waals surface area (Å²) in [7, 11) is 0. The van der Waals surface area contributed by atoms with E-state index >= 15 is 0 Å². The molecule has 1 spiro atoms. The number of carbonyl (C=O) groups excluding carboxylic acids is 3. The first-order valence-corrected chi connectivity index (χ1v) is 13.1. The molecule has 0 aromatic carbocycles. The van der Waals surface area contributed by atoms with Crippen LogP contribution >= 0.6 is 0 Å². The Bertz CT molecular complexity index is 870. The van der Waals surface area contributed by atoms with E-state index in [9.17, 15) is 19.5 Å². The summed E-state index contributed by atoms with van der Waals surface area (Å²) in [5.74, 6) is -2.53. The van der Waals surface area contributed by atoms with E-state index in [4.69, 9.17) is 9.47 Å². The van der Waals surface area contributed by atoms with E-state index in [0.29, 0.717) is 25.8 Å². The van der Waals surface area contributed by atoms with Gasteiger partial charge < -0.3 is 24.4 Å². The van der Waals surface area contributed by atoms with Crippen molar-refractivity contribution in [1.82, 2.24) is 9.80 Å². The lowest BCUT2D eigenvalue weighted by atomic mass is 9.66. The highest BCUT2D eigenvalue weighted by atomic mass is 16.6. The van der Waals surface area contributed by atoms with Gasteiger partial charge in [0.25, 0.3) is 0 Å². The minimum Gasteiger partial charge on any atom is -0.465 e. The number of esters is 1. The van der Waals surface area contributed by atoms with Crippen molar-refractivity contribution < 1.29 is 29.0 Å². The quantitative estimate of drug-likeness (QED) is 0.289. The maximum atomic E-state index is 14.3. The first kappa shape index (κ1) is 25.9. The summed E-state index contributed by atoms with van der Waals surface area (Å²) in [6, 6.07) is -1.39. The number of aliphatic hydroxyl groups is 1. The first-order chi connectivity index (χ1) is 16.8. The molecule has 35 heavy (non-hydrogen) atoms. The lowest BCUT2D eigenvalue weighted by Crippen LogP contribution is -2.60. The molecule has 1 N–H and O–H groups in total. The highest BCUT2D eigenvalue weighted by Crippen LogP contribution is 2.63. The zero-order valence-corrected chi connectivity index (χ0v) is 21.1. The zero-order chi connectivity index (χ0) is 25.4. The predicted molar refractivity (Wildman–Crippen MR) is 130 cm³/mol. The standard InChI is InChI=1S/C27H40N2O6/c1-5-7-16-34-25(33)21-20-23(31)29(18(3)17-30)22(27(20)14-13-26(21,4)35-27)24(32)28(15-6-2)19-11-9-8-10-12-19/h5-6,18-22,30H,1-2,7-17H2,3-4H3/t18-,20+,21-,22?,26+,27?/m1/s1. The highest BCUT2D eigenvalue weighted by Gasteiger charge is 2.79. The van der Waals surface area contributed by atoms with Gasteiger partial charge in [-0.3, -0.25) is 14.4 Å². The van der Waals surface area contributed by atoms with Gasteiger partial charge >= 0.3 is 5.97 Å². The van der Waals surface area contributed by atoms with E-state index in [2.05, 4.69) is 13.2 Å². The number of ether oxygens (including phenoxy) is 2. The summed E-state index contributed by atoms with van der Waals surface area (Å²) in [6.07, 6.45) is 10.1. The van der Waals surface area contributed by atoms with Crippen LogP contribution in [-0.2, 0) is 23.9 Å². The van der Waals surface area contributed by atoms with Crippen LogP contribution in [0.4, 0.5) is 0 Å². The normalized spacial score (nSPS) is 35.0. The van der Waals surface area contributed by atoms with Crippen LogP contribution in [0.15, 0.2) is 25.3 Å². The summed E-state index contributed by atoms with van der Waals surface area (Å²) in [6.45, 7) is 11.4. The maximum Gasteiger partial charge on any atom is 0.312 e. The minimum atomic E-state index is -1.11.